The summed E-state index contributed by atoms with van der Waals surface area (Å²) >= 11 is 6.11. The van der Waals surface area contributed by atoms with Crippen molar-refractivity contribution in [3.63, 3.8) is 0 Å². The number of methoxy groups -OCH3 is 2. The summed E-state index contributed by atoms with van der Waals surface area (Å²) in [6, 6.07) is 13.5. The predicted molar refractivity (Wildman–Crippen MR) is 105 cm³/mol. The summed E-state index contributed by atoms with van der Waals surface area (Å²) in [6.45, 7) is 0. The van der Waals surface area contributed by atoms with Gasteiger partial charge in [-0.25, -0.2) is 0 Å². The van der Waals surface area contributed by atoms with E-state index in [0.29, 0.717) is 12.3 Å². The summed E-state index contributed by atoms with van der Waals surface area (Å²) in [6.07, 6.45) is 0.584. The van der Waals surface area contributed by atoms with Crippen LogP contribution in [-0.4, -0.2) is 31.2 Å². The molecule has 140 valence electrons. The van der Waals surface area contributed by atoms with Gasteiger partial charge in [0.15, 0.2) is 0 Å². The number of aromatic nitrogens is 1. The first-order valence-electron chi connectivity index (χ1n) is 8.82. The van der Waals surface area contributed by atoms with Crippen LogP contribution in [0.25, 0.3) is 10.9 Å². The zero-order valence-corrected chi connectivity index (χ0v) is 16.0. The molecule has 0 spiro atoms. The van der Waals surface area contributed by atoms with E-state index in [1.54, 1.807) is 7.11 Å². The number of nitrogens with one attached hydrogen (secondary N) is 2. The second kappa shape index (κ2) is 7.25. The van der Waals surface area contributed by atoms with Crippen LogP contribution in [0.15, 0.2) is 42.5 Å². The minimum absolute atomic E-state index is 0.168. The van der Waals surface area contributed by atoms with E-state index < -0.39 is 6.04 Å². The zero-order chi connectivity index (χ0) is 19.0. The van der Waals surface area contributed by atoms with E-state index in [-0.39, 0.29) is 12.0 Å². The molecule has 2 N–H and O–H groups in total. The second-order valence-corrected chi connectivity index (χ2v) is 6.91. The highest BCUT2D eigenvalue weighted by Gasteiger charge is 2.34. The molecule has 2 heterocycles. The number of benzene rings is 2. The monoisotopic (exact) mass is 384 g/mol. The van der Waals surface area contributed by atoms with E-state index in [1.807, 2.05) is 30.3 Å². The van der Waals surface area contributed by atoms with Crippen LogP contribution in [-0.2, 0) is 21.8 Å². The number of hydrogen-bond acceptors (Lipinski definition) is 4. The second-order valence-electron chi connectivity index (χ2n) is 6.65. The fourth-order valence-electron chi connectivity index (χ4n) is 3.87. The van der Waals surface area contributed by atoms with Crippen molar-refractivity contribution in [3.05, 3.63) is 64.8 Å². The number of aromatic amines is 1. The van der Waals surface area contributed by atoms with Gasteiger partial charge in [-0.05, 0) is 29.3 Å². The van der Waals surface area contributed by atoms with Crippen molar-refractivity contribution in [1.29, 1.82) is 0 Å². The Bertz CT molecular complexity index is 998. The highest BCUT2D eigenvalue weighted by molar-refractivity contribution is 6.17. The van der Waals surface area contributed by atoms with Gasteiger partial charge in [0, 0.05) is 28.6 Å². The summed E-state index contributed by atoms with van der Waals surface area (Å²) in [5.41, 5.74) is 5.21. The van der Waals surface area contributed by atoms with Gasteiger partial charge in [0.2, 0.25) is 0 Å². The maximum absolute atomic E-state index is 12.3. The number of esters is 1. The van der Waals surface area contributed by atoms with Crippen molar-refractivity contribution in [2.45, 2.75) is 24.4 Å². The van der Waals surface area contributed by atoms with Gasteiger partial charge in [-0.2, -0.15) is 0 Å². The maximum Gasteiger partial charge on any atom is 0.323 e. The number of fused-ring (bicyclic) bond motifs is 3. The van der Waals surface area contributed by atoms with Gasteiger partial charge in [0.05, 0.1) is 26.1 Å². The Morgan fingerprint density at radius 1 is 1.22 bits per heavy atom. The Hall–Kier alpha value is -2.50. The minimum atomic E-state index is -0.409. The Morgan fingerprint density at radius 2 is 2.04 bits per heavy atom. The first-order chi connectivity index (χ1) is 13.2. The van der Waals surface area contributed by atoms with Gasteiger partial charge < -0.3 is 14.5 Å². The van der Waals surface area contributed by atoms with Crippen molar-refractivity contribution in [2.24, 2.45) is 0 Å². The van der Waals surface area contributed by atoms with Crippen molar-refractivity contribution in [1.82, 2.24) is 10.3 Å². The number of carbonyl (C=O) groups is 1. The van der Waals surface area contributed by atoms with Gasteiger partial charge in [0.25, 0.3) is 0 Å². The van der Waals surface area contributed by atoms with Crippen LogP contribution in [0.5, 0.6) is 5.75 Å². The van der Waals surface area contributed by atoms with E-state index >= 15 is 0 Å². The summed E-state index contributed by atoms with van der Waals surface area (Å²) in [5, 5.41) is 4.57. The van der Waals surface area contributed by atoms with Crippen LogP contribution >= 0.6 is 11.6 Å². The molecule has 2 aromatic carbocycles. The zero-order valence-electron chi connectivity index (χ0n) is 15.2. The lowest BCUT2D eigenvalue weighted by Gasteiger charge is -2.30. The number of halogens is 1. The molecule has 0 saturated heterocycles. The minimum Gasteiger partial charge on any atom is -0.496 e. The fourth-order valence-corrected chi connectivity index (χ4v) is 4.08. The molecule has 27 heavy (non-hydrogen) atoms. The number of rotatable bonds is 4. The topological polar surface area (TPSA) is 63.4 Å². The average molecular weight is 385 g/mol. The van der Waals surface area contributed by atoms with Gasteiger partial charge in [0.1, 0.15) is 11.8 Å². The SMILES string of the molecule is COC(=O)[C@H]1Cc2c([nH]c3ccccc23)[C@H](c2ccc(OC)c(CCl)c2)N1. The molecule has 0 aliphatic carbocycles. The third-order valence-electron chi connectivity index (χ3n) is 5.18. The van der Waals surface area contributed by atoms with Crippen LogP contribution < -0.4 is 10.1 Å². The van der Waals surface area contributed by atoms with E-state index in [1.165, 1.54) is 7.11 Å². The quantitative estimate of drug-likeness (QED) is 0.532. The van der Waals surface area contributed by atoms with E-state index in [4.69, 9.17) is 21.1 Å². The highest BCUT2D eigenvalue weighted by Crippen LogP contribution is 2.36. The molecule has 0 saturated carbocycles. The largest absolute Gasteiger partial charge is 0.496 e. The molecule has 5 nitrogen and oxygen atoms in total. The third kappa shape index (κ3) is 3.07. The summed E-state index contributed by atoms with van der Waals surface area (Å²) < 4.78 is 10.4. The first kappa shape index (κ1) is 17.9. The molecule has 0 unspecified atom stereocenters. The molecular weight excluding hydrogens is 364 g/mol. The van der Waals surface area contributed by atoms with Crippen molar-refractivity contribution < 1.29 is 14.3 Å². The molecule has 1 aromatic heterocycles. The lowest BCUT2D eigenvalue weighted by atomic mass is 9.89. The van der Waals surface area contributed by atoms with Crippen LogP contribution in [0.1, 0.15) is 28.4 Å². The fraction of sp³-hybridized carbons (Fsp3) is 0.286. The van der Waals surface area contributed by atoms with Gasteiger partial charge >= 0.3 is 5.97 Å². The molecule has 1 aliphatic heterocycles. The van der Waals surface area contributed by atoms with Crippen LogP contribution in [0.3, 0.4) is 0 Å². The number of para-hydroxylation sites is 1. The molecule has 3 aromatic rings. The van der Waals surface area contributed by atoms with Gasteiger partial charge in [-0.1, -0.05) is 24.3 Å². The molecule has 4 rings (SSSR count). The van der Waals surface area contributed by atoms with Crippen molar-refractivity contribution >= 4 is 28.5 Å². The Labute approximate surface area is 162 Å². The van der Waals surface area contributed by atoms with Crippen LogP contribution in [0.4, 0.5) is 0 Å². The van der Waals surface area contributed by atoms with Gasteiger partial charge in [-0.15, -0.1) is 11.6 Å². The molecule has 6 heteroatoms. The Balaban J connectivity index is 1.86. The number of H-pyrrole nitrogens is 1. The molecule has 0 amide bonds. The highest BCUT2D eigenvalue weighted by atomic mass is 35.5. The third-order valence-corrected chi connectivity index (χ3v) is 5.47. The maximum atomic E-state index is 12.3. The molecule has 0 fully saturated rings. The van der Waals surface area contributed by atoms with E-state index in [9.17, 15) is 4.79 Å². The Morgan fingerprint density at radius 3 is 2.78 bits per heavy atom. The summed E-state index contributed by atoms with van der Waals surface area (Å²) in [4.78, 5) is 15.8. The van der Waals surface area contributed by atoms with E-state index in [2.05, 4.69) is 22.4 Å². The van der Waals surface area contributed by atoms with Gasteiger partial charge in [-0.3, -0.25) is 10.1 Å². The number of hydrogen-bond donors (Lipinski definition) is 2. The van der Waals surface area contributed by atoms with E-state index in [0.717, 1.165) is 39.0 Å². The standard InChI is InChI=1S/C21H21ClN2O3/c1-26-18-8-7-12(9-13(18)11-22)19-20-15(10-17(24-19)21(25)27-2)14-5-3-4-6-16(14)23-20/h3-9,17,19,23-24H,10-11H2,1-2H3/t17-,19+/m1/s1. The summed E-state index contributed by atoms with van der Waals surface area (Å²) in [7, 11) is 3.05. The molecular formula is C21H21ClN2O3. The number of ether oxygens (including phenoxy) is 2. The Kier molecular flexibility index (Phi) is 4.81. The lowest BCUT2D eigenvalue weighted by molar-refractivity contribution is -0.143. The molecule has 1 aliphatic rings. The average Bonchev–Trinajstić information content (AvgIpc) is 3.10. The van der Waals surface area contributed by atoms with Crippen molar-refractivity contribution in [3.8, 4) is 5.75 Å². The number of alkyl halides is 1. The normalized spacial score (nSPS) is 18.9. The smallest absolute Gasteiger partial charge is 0.323 e. The van der Waals surface area contributed by atoms with Crippen LogP contribution in [0.2, 0.25) is 0 Å². The lowest BCUT2D eigenvalue weighted by Crippen LogP contribution is -2.45. The molecule has 0 radical (unpaired) electrons. The van der Waals surface area contributed by atoms with Crippen LogP contribution in [0, 0.1) is 0 Å². The molecule has 0 bridgehead atoms. The number of carbonyl (C=O) groups excluding carboxylic acids is 1. The predicted octanol–water partition coefficient (Wildman–Crippen LogP) is 3.69. The van der Waals surface area contributed by atoms with Crippen molar-refractivity contribution in [2.75, 3.05) is 14.2 Å². The first-order valence-corrected chi connectivity index (χ1v) is 9.35. The molecule has 2 atom stereocenters. The summed E-state index contributed by atoms with van der Waals surface area (Å²) in [5.74, 6) is 0.844.